The number of aromatic nitrogens is 1. The Hall–Kier alpha value is -1.59. The topological polar surface area (TPSA) is 50.2 Å². The highest BCUT2D eigenvalue weighted by Crippen LogP contribution is 2.29. The molecule has 0 saturated carbocycles. The van der Waals surface area contributed by atoms with Gasteiger partial charge >= 0.3 is 5.97 Å². The molecule has 0 atom stereocenters. The molecule has 1 aromatic carbocycles. The molecule has 0 radical (unpaired) electrons. The van der Waals surface area contributed by atoms with Crippen molar-refractivity contribution in [2.45, 2.75) is 9.92 Å². The van der Waals surface area contributed by atoms with Crippen LogP contribution in [0, 0.1) is 5.82 Å². The van der Waals surface area contributed by atoms with Gasteiger partial charge in [0.2, 0.25) is 0 Å². The van der Waals surface area contributed by atoms with E-state index in [1.165, 1.54) is 36.0 Å². The molecule has 0 fully saturated rings. The Bertz CT molecular complexity index is 589. The molecule has 0 bridgehead atoms. The third-order valence-electron chi connectivity index (χ3n) is 2.09. The van der Waals surface area contributed by atoms with Crippen LogP contribution < -0.4 is 0 Å². The number of hydrogen-bond donors (Lipinski definition) is 1. The number of rotatable bonds is 3. The Balaban J connectivity index is 2.27. The number of pyridine rings is 1. The van der Waals surface area contributed by atoms with Crippen molar-refractivity contribution in [3.63, 3.8) is 0 Å². The average Bonchev–Trinajstić information content (AvgIpc) is 2.34. The third kappa shape index (κ3) is 3.00. The molecule has 1 aromatic heterocycles. The first-order chi connectivity index (χ1) is 8.56. The maximum atomic E-state index is 12.7. The van der Waals surface area contributed by atoms with Gasteiger partial charge in [0.05, 0.1) is 16.8 Å². The second kappa shape index (κ2) is 5.37. The van der Waals surface area contributed by atoms with E-state index >= 15 is 0 Å². The highest BCUT2D eigenvalue weighted by Gasteiger charge is 2.10. The molecule has 0 spiro atoms. The van der Waals surface area contributed by atoms with Crippen LogP contribution in [-0.2, 0) is 0 Å². The molecule has 0 aliphatic heterocycles. The number of carboxylic acids is 1. The Morgan fingerprint density at radius 1 is 1.33 bits per heavy atom. The van der Waals surface area contributed by atoms with Gasteiger partial charge in [-0.2, -0.15) is 0 Å². The van der Waals surface area contributed by atoms with Crippen molar-refractivity contribution in [3.8, 4) is 0 Å². The van der Waals surface area contributed by atoms with Crippen LogP contribution in [0.4, 0.5) is 4.39 Å². The van der Waals surface area contributed by atoms with E-state index in [0.29, 0.717) is 9.92 Å². The van der Waals surface area contributed by atoms with E-state index in [0.717, 1.165) is 6.20 Å². The summed E-state index contributed by atoms with van der Waals surface area (Å²) in [6.45, 7) is 0. The van der Waals surface area contributed by atoms with Gasteiger partial charge in [-0.05, 0) is 30.3 Å². The Labute approximate surface area is 112 Å². The first-order valence-electron chi connectivity index (χ1n) is 4.88. The molecule has 0 saturated heterocycles. The summed E-state index contributed by atoms with van der Waals surface area (Å²) in [7, 11) is 0. The second-order valence-electron chi connectivity index (χ2n) is 3.36. The fourth-order valence-electron chi connectivity index (χ4n) is 1.28. The maximum absolute atomic E-state index is 12.7. The van der Waals surface area contributed by atoms with Crippen molar-refractivity contribution >= 4 is 29.3 Å². The van der Waals surface area contributed by atoms with E-state index in [-0.39, 0.29) is 10.6 Å². The quantitative estimate of drug-likeness (QED) is 0.932. The zero-order chi connectivity index (χ0) is 13.1. The van der Waals surface area contributed by atoms with E-state index < -0.39 is 11.8 Å². The summed E-state index contributed by atoms with van der Waals surface area (Å²) >= 11 is 7.00. The van der Waals surface area contributed by atoms with Crippen LogP contribution in [0.3, 0.4) is 0 Å². The van der Waals surface area contributed by atoms with Crippen molar-refractivity contribution in [1.82, 2.24) is 4.98 Å². The lowest BCUT2D eigenvalue weighted by Crippen LogP contribution is -1.97. The molecule has 3 nitrogen and oxygen atoms in total. The summed E-state index contributed by atoms with van der Waals surface area (Å²) in [6.07, 6.45) is 1.11. The predicted molar refractivity (Wildman–Crippen MR) is 66.7 cm³/mol. The third-order valence-corrected chi connectivity index (χ3v) is 3.36. The minimum absolute atomic E-state index is 0.0313. The standard InChI is InChI=1S/C12H7ClFNO2S/c13-10-3-2-8(5-9(10)12(16)17)18-11-4-1-7(14)6-15-11/h1-6H,(H,16,17). The molecule has 0 aliphatic carbocycles. The number of hydrogen-bond acceptors (Lipinski definition) is 3. The predicted octanol–water partition coefficient (Wildman–Crippen LogP) is 3.72. The summed E-state index contributed by atoms with van der Waals surface area (Å²) in [4.78, 5) is 15.5. The van der Waals surface area contributed by atoms with E-state index in [9.17, 15) is 9.18 Å². The number of halogens is 2. The van der Waals surface area contributed by atoms with Crippen molar-refractivity contribution < 1.29 is 14.3 Å². The lowest BCUT2D eigenvalue weighted by atomic mass is 10.2. The molecule has 1 heterocycles. The molecule has 0 amide bonds. The van der Waals surface area contributed by atoms with Crippen molar-refractivity contribution in [2.24, 2.45) is 0 Å². The number of nitrogens with zero attached hydrogens (tertiary/aromatic N) is 1. The first kappa shape index (κ1) is 12.9. The normalized spacial score (nSPS) is 10.3. The van der Waals surface area contributed by atoms with Crippen LogP contribution in [-0.4, -0.2) is 16.1 Å². The molecule has 0 aliphatic rings. The van der Waals surface area contributed by atoms with Crippen LogP contribution >= 0.6 is 23.4 Å². The first-order valence-corrected chi connectivity index (χ1v) is 6.08. The summed E-state index contributed by atoms with van der Waals surface area (Å²) < 4.78 is 12.7. The lowest BCUT2D eigenvalue weighted by Gasteiger charge is -2.03. The number of carbonyl (C=O) groups is 1. The molecule has 92 valence electrons. The lowest BCUT2D eigenvalue weighted by molar-refractivity contribution is 0.0697. The molecule has 2 aromatic rings. The van der Waals surface area contributed by atoms with Crippen molar-refractivity contribution in [2.75, 3.05) is 0 Å². The second-order valence-corrected chi connectivity index (χ2v) is 4.86. The minimum atomic E-state index is -1.09. The molecular weight excluding hydrogens is 277 g/mol. The molecule has 2 rings (SSSR count). The average molecular weight is 284 g/mol. The van der Waals surface area contributed by atoms with Gasteiger partial charge in [-0.3, -0.25) is 0 Å². The number of aromatic carboxylic acids is 1. The van der Waals surface area contributed by atoms with Crippen LogP contribution in [0.25, 0.3) is 0 Å². The van der Waals surface area contributed by atoms with E-state index in [1.807, 2.05) is 0 Å². The van der Waals surface area contributed by atoms with Gasteiger partial charge < -0.3 is 5.11 Å². The maximum Gasteiger partial charge on any atom is 0.337 e. The molecular formula is C12H7ClFNO2S. The molecule has 1 N–H and O–H groups in total. The number of benzene rings is 1. The van der Waals surface area contributed by atoms with Gasteiger partial charge in [0, 0.05) is 4.90 Å². The van der Waals surface area contributed by atoms with Gasteiger partial charge in [-0.1, -0.05) is 23.4 Å². The van der Waals surface area contributed by atoms with Gasteiger partial charge in [-0.25, -0.2) is 14.2 Å². The Kier molecular flexibility index (Phi) is 3.84. The van der Waals surface area contributed by atoms with E-state index in [2.05, 4.69) is 4.98 Å². The highest BCUT2D eigenvalue weighted by atomic mass is 35.5. The largest absolute Gasteiger partial charge is 0.478 e. The number of carboxylic acid groups (broad SMARTS) is 1. The van der Waals surface area contributed by atoms with Gasteiger partial charge in [0.25, 0.3) is 0 Å². The summed E-state index contributed by atoms with van der Waals surface area (Å²) in [5.74, 6) is -1.50. The Morgan fingerprint density at radius 3 is 2.72 bits per heavy atom. The Morgan fingerprint density at radius 2 is 2.11 bits per heavy atom. The smallest absolute Gasteiger partial charge is 0.337 e. The summed E-state index contributed by atoms with van der Waals surface area (Å²) in [6, 6.07) is 7.47. The summed E-state index contributed by atoms with van der Waals surface area (Å²) in [5.41, 5.74) is 0.0313. The minimum Gasteiger partial charge on any atom is -0.478 e. The zero-order valence-electron chi connectivity index (χ0n) is 8.93. The van der Waals surface area contributed by atoms with Crippen molar-refractivity contribution in [3.05, 3.63) is 52.9 Å². The van der Waals surface area contributed by atoms with E-state index in [4.69, 9.17) is 16.7 Å². The monoisotopic (exact) mass is 283 g/mol. The highest BCUT2D eigenvalue weighted by molar-refractivity contribution is 7.99. The fraction of sp³-hybridized carbons (Fsp3) is 0. The molecule has 18 heavy (non-hydrogen) atoms. The van der Waals surface area contributed by atoms with Gasteiger partial charge in [0.1, 0.15) is 10.8 Å². The van der Waals surface area contributed by atoms with Crippen LogP contribution in [0.2, 0.25) is 5.02 Å². The summed E-state index contributed by atoms with van der Waals surface area (Å²) in [5, 5.41) is 9.69. The van der Waals surface area contributed by atoms with Gasteiger partial charge in [0.15, 0.2) is 0 Å². The SMILES string of the molecule is O=C(O)c1cc(Sc2ccc(F)cn2)ccc1Cl. The van der Waals surface area contributed by atoms with Gasteiger partial charge in [-0.15, -0.1) is 0 Å². The van der Waals surface area contributed by atoms with Crippen LogP contribution in [0.5, 0.6) is 0 Å². The van der Waals surface area contributed by atoms with Crippen LogP contribution in [0.1, 0.15) is 10.4 Å². The molecule has 6 heteroatoms. The fourth-order valence-corrected chi connectivity index (χ4v) is 2.27. The zero-order valence-corrected chi connectivity index (χ0v) is 10.5. The van der Waals surface area contributed by atoms with Crippen molar-refractivity contribution in [1.29, 1.82) is 0 Å². The molecule has 0 unspecified atom stereocenters. The van der Waals surface area contributed by atoms with Crippen LogP contribution in [0.15, 0.2) is 46.5 Å². The van der Waals surface area contributed by atoms with E-state index in [1.54, 1.807) is 6.07 Å².